The second-order valence-electron chi connectivity index (χ2n) is 4.15. The molecule has 0 N–H and O–H groups in total. The Balaban J connectivity index is 2.35. The van der Waals surface area contributed by atoms with Gasteiger partial charge in [-0.1, -0.05) is 0 Å². The van der Waals surface area contributed by atoms with Crippen LogP contribution in [0, 0.1) is 10.5 Å². The largest absolute Gasteiger partial charge is 0.268 e. The van der Waals surface area contributed by atoms with Crippen molar-refractivity contribution in [3.63, 3.8) is 0 Å². The van der Waals surface area contributed by atoms with Crippen LogP contribution in [0.3, 0.4) is 0 Å². The smallest absolute Gasteiger partial charge is 0.267 e. The molecule has 0 spiro atoms. The molecule has 1 aromatic carbocycles. The minimum Gasteiger partial charge on any atom is -0.268 e. The molecule has 0 saturated carbocycles. The summed E-state index contributed by atoms with van der Waals surface area (Å²) in [7, 11) is 0. The van der Waals surface area contributed by atoms with E-state index in [4.69, 9.17) is 0 Å². The van der Waals surface area contributed by atoms with Crippen LogP contribution in [0.25, 0.3) is 16.7 Å². The zero-order valence-electron chi connectivity index (χ0n) is 10.2. The summed E-state index contributed by atoms with van der Waals surface area (Å²) >= 11 is 2.23. The van der Waals surface area contributed by atoms with Gasteiger partial charge in [-0.2, -0.15) is 0 Å². The molecule has 0 fully saturated rings. The monoisotopic (exact) mass is 363 g/mol. The van der Waals surface area contributed by atoms with Gasteiger partial charge < -0.3 is 0 Å². The second-order valence-corrected chi connectivity index (χ2v) is 5.40. The Bertz CT molecular complexity index is 809. The Morgan fingerprint density at radius 1 is 1.16 bits per heavy atom. The summed E-state index contributed by atoms with van der Waals surface area (Å²) in [4.78, 5) is 21.0. The lowest BCUT2D eigenvalue weighted by atomic mass is 10.3. The van der Waals surface area contributed by atoms with E-state index in [0.29, 0.717) is 16.9 Å². The van der Waals surface area contributed by atoms with Crippen LogP contribution in [0.5, 0.6) is 0 Å². The van der Waals surface area contributed by atoms with Crippen LogP contribution in [0.4, 0.5) is 0 Å². The molecule has 3 rings (SSSR count). The third-order valence-electron chi connectivity index (χ3n) is 2.90. The first kappa shape index (κ1) is 12.3. The van der Waals surface area contributed by atoms with Gasteiger partial charge in [0.15, 0.2) is 5.65 Å². The fraction of sp³-hybridized carbons (Fsp3) is 0.0714. The number of pyridine rings is 1. The summed E-state index contributed by atoms with van der Waals surface area (Å²) in [6.45, 7) is 1.81. The second kappa shape index (κ2) is 4.73. The molecule has 19 heavy (non-hydrogen) atoms. The molecule has 4 nitrogen and oxygen atoms in total. The Hall–Kier alpha value is -1.76. The van der Waals surface area contributed by atoms with Crippen LogP contribution in [-0.2, 0) is 0 Å². The van der Waals surface area contributed by atoms with Gasteiger partial charge in [0.25, 0.3) is 5.56 Å². The average Bonchev–Trinajstić information content (AvgIpc) is 2.41. The molecule has 5 heteroatoms. The van der Waals surface area contributed by atoms with Crippen LogP contribution >= 0.6 is 22.6 Å². The first-order valence-corrected chi connectivity index (χ1v) is 6.85. The number of hydrogen-bond acceptors (Lipinski definition) is 3. The van der Waals surface area contributed by atoms with Crippen molar-refractivity contribution in [1.82, 2.24) is 14.5 Å². The summed E-state index contributed by atoms with van der Waals surface area (Å²) in [6, 6.07) is 11.3. The normalized spacial score (nSPS) is 10.8. The van der Waals surface area contributed by atoms with E-state index >= 15 is 0 Å². The SMILES string of the molecule is Cc1nc2ncccc2c(=O)n1-c1ccc(I)cc1. The minimum absolute atomic E-state index is 0.0863. The topological polar surface area (TPSA) is 47.8 Å². The molecule has 0 atom stereocenters. The summed E-state index contributed by atoms with van der Waals surface area (Å²) in [5.41, 5.74) is 1.23. The number of benzene rings is 1. The van der Waals surface area contributed by atoms with E-state index in [1.807, 2.05) is 31.2 Å². The molecule has 0 aliphatic heterocycles. The summed E-state index contributed by atoms with van der Waals surface area (Å²) in [6.07, 6.45) is 1.64. The fourth-order valence-electron chi connectivity index (χ4n) is 2.02. The number of hydrogen-bond donors (Lipinski definition) is 0. The predicted octanol–water partition coefficient (Wildman–Crippen LogP) is 2.69. The zero-order valence-corrected chi connectivity index (χ0v) is 12.3. The van der Waals surface area contributed by atoms with Crippen LogP contribution in [0.15, 0.2) is 47.4 Å². The fourth-order valence-corrected chi connectivity index (χ4v) is 2.38. The quantitative estimate of drug-likeness (QED) is 0.625. The van der Waals surface area contributed by atoms with Gasteiger partial charge in [-0.3, -0.25) is 9.36 Å². The molecule has 0 unspecified atom stereocenters. The summed E-state index contributed by atoms with van der Waals surface area (Å²) < 4.78 is 2.74. The van der Waals surface area contributed by atoms with Crippen molar-refractivity contribution >= 4 is 33.6 Å². The van der Waals surface area contributed by atoms with Crippen molar-refractivity contribution in [2.45, 2.75) is 6.92 Å². The van der Waals surface area contributed by atoms with Gasteiger partial charge in [0.1, 0.15) is 5.82 Å². The van der Waals surface area contributed by atoms with Gasteiger partial charge >= 0.3 is 0 Å². The molecule has 2 heterocycles. The average molecular weight is 363 g/mol. The van der Waals surface area contributed by atoms with Gasteiger partial charge in [0.2, 0.25) is 0 Å². The van der Waals surface area contributed by atoms with Crippen molar-refractivity contribution in [1.29, 1.82) is 0 Å². The summed E-state index contributed by atoms with van der Waals surface area (Å²) in [5, 5.41) is 0.534. The molecular formula is C14H10IN3O. The molecule has 0 bridgehead atoms. The molecule has 94 valence electrons. The lowest BCUT2D eigenvalue weighted by Gasteiger charge is -2.10. The minimum atomic E-state index is -0.0863. The van der Waals surface area contributed by atoms with E-state index in [2.05, 4.69) is 32.6 Å². The van der Waals surface area contributed by atoms with Crippen molar-refractivity contribution in [3.8, 4) is 5.69 Å². The van der Waals surface area contributed by atoms with E-state index in [0.717, 1.165) is 9.26 Å². The maximum absolute atomic E-state index is 12.5. The first-order valence-electron chi connectivity index (χ1n) is 5.77. The Labute approximate surface area is 123 Å². The van der Waals surface area contributed by atoms with Gasteiger partial charge in [-0.25, -0.2) is 9.97 Å². The Kier molecular flexibility index (Phi) is 3.06. The van der Waals surface area contributed by atoms with Gasteiger partial charge in [0, 0.05) is 9.77 Å². The molecule has 0 aliphatic carbocycles. The van der Waals surface area contributed by atoms with E-state index in [1.165, 1.54) is 0 Å². The highest BCUT2D eigenvalue weighted by atomic mass is 127. The molecular weight excluding hydrogens is 353 g/mol. The molecule has 0 aliphatic rings. The lowest BCUT2D eigenvalue weighted by molar-refractivity contribution is 0.889. The van der Waals surface area contributed by atoms with E-state index in [9.17, 15) is 4.79 Å². The van der Waals surface area contributed by atoms with Crippen LogP contribution in [0.1, 0.15) is 5.82 Å². The van der Waals surface area contributed by atoms with E-state index in [1.54, 1.807) is 22.9 Å². The van der Waals surface area contributed by atoms with Crippen molar-refractivity contribution in [2.75, 3.05) is 0 Å². The molecule has 2 aromatic heterocycles. The van der Waals surface area contributed by atoms with Crippen LogP contribution in [0.2, 0.25) is 0 Å². The number of rotatable bonds is 1. The number of halogens is 1. The number of aryl methyl sites for hydroxylation is 1. The van der Waals surface area contributed by atoms with Crippen LogP contribution in [-0.4, -0.2) is 14.5 Å². The standard InChI is InChI=1S/C14H10IN3O/c1-9-17-13-12(3-2-8-16-13)14(19)18(9)11-6-4-10(15)5-7-11/h2-8H,1H3. The molecule has 0 radical (unpaired) electrons. The molecule has 0 saturated heterocycles. The molecule has 0 amide bonds. The van der Waals surface area contributed by atoms with Crippen LogP contribution < -0.4 is 5.56 Å². The van der Waals surface area contributed by atoms with Gasteiger partial charge in [0.05, 0.1) is 11.1 Å². The van der Waals surface area contributed by atoms with Crippen molar-refractivity contribution < 1.29 is 0 Å². The van der Waals surface area contributed by atoms with E-state index < -0.39 is 0 Å². The third kappa shape index (κ3) is 2.14. The number of nitrogens with zero attached hydrogens (tertiary/aromatic N) is 3. The highest BCUT2D eigenvalue weighted by Crippen LogP contribution is 2.13. The van der Waals surface area contributed by atoms with Gasteiger partial charge in [-0.15, -0.1) is 0 Å². The Morgan fingerprint density at radius 3 is 2.63 bits per heavy atom. The van der Waals surface area contributed by atoms with Crippen molar-refractivity contribution in [3.05, 3.63) is 62.3 Å². The Morgan fingerprint density at radius 2 is 1.89 bits per heavy atom. The number of aromatic nitrogens is 3. The molecule has 3 aromatic rings. The highest BCUT2D eigenvalue weighted by Gasteiger charge is 2.09. The summed E-state index contributed by atoms with van der Waals surface area (Å²) in [5.74, 6) is 0.636. The van der Waals surface area contributed by atoms with Gasteiger partial charge in [-0.05, 0) is 65.9 Å². The van der Waals surface area contributed by atoms with Crippen molar-refractivity contribution in [2.24, 2.45) is 0 Å². The van der Waals surface area contributed by atoms with E-state index in [-0.39, 0.29) is 5.56 Å². The maximum Gasteiger partial charge on any atom is 0.267 e. The predicted molar refractivity (Wildman–Crippen MR) is 82.6 cm³/mol. The lowest BCUT2D eigenvalue weighted by Crippen LogP contribution is -2.22. The highest BCUT2D eigenvalue weighted by molar-refractivity contribution is 14.1. The number of fused-ring (bicyclic) bond motifs is 1. The first-order chi connectivity index (χ1) is 9.16. The third-order valence-corrected chi connectivity index (χ3v) is 3.62. The zero-order chi connectivity index (χ0) is 13.4. The maximum atomic E-state index is 12.5.